The van der Waals surface area contributed by atoms with Gasteiger partial charge in [-0.3, -0.25) is 19.7 Å². The van der Waals surface area contributed by atoms with Gasteiger partial charge in [0.05, 0.1) is 30.6 Å². The maximum atomic E-state index is 12.8. The molecule has 1 amide bonds. The number of amides is 1. The summed E-state index contributed by atoms with van der Waals surface area (Å²) < 4.78 is 10.1. The first-order chi connectivity index (χ1) is 11.8. The van der Waals surface area contributed by atoms with E-state index in [4.69, 9.17) is 9.47 Å². The number of nitro benzene ring substituents is 1. The van der Waals surface area contributed by atoms with Gasteiger partial charge in [0, 0.05) is 19.2 Å². The minimum absolute atomic E-state index is 0.0222. The van der Waals surface area contributed by atoms with Crippen LogP contribution in [0.25, 0.3) is 0 Å². The molecular weight excluding hydrogens is 332 g/mol. The van der Waals surface area contributed by atoms with E-state index in [0.717, 1.165) is 6.07 Å². The van der Waals surface area contributed by atoms with Gasteiger partial charge in [0.25, 0.3) is 5.91 Å². The molecule has 9 heteroatoms. The fourth-order valence-electron chi connectivity index (χ4n) is 3.08. The second-order valence-electron chi connectivity index (χ2n) is 6.07. The number of ether oxygens (including phenoxy) is 2. The first-order valence-electron chi connectivity index (χ1n) is 7.71. The van der Waals surface area contributed by atoms with Gasteiger partial charge in [0.2, 0.25) is 5.75 Å². The molecule has 0 bridgehead atoms. The topological polar surface area (TPSA) is 119 Å². The zero-order chi connectivity index (χ0) is 18.7. The third kappa shape index (κ3) is 3.81. The van der Waals surface area contributed by atoms with Crippen LogP contribution >= 0.6 is 0 Å². The number of methoxy groups -OCH3 is 2. The second kappa shape index (κ2) is 7.37. The van der Waals surface area contributed by atoms with Crippen molar-refractivity contribution in [1.82, 2.24) is 4.90 Å². The average molecular weight is 352 g/mol. The highest BCUT2D eigenvalue weighted by Crippen LogP contribution is 2.38. The molecule has 1 N–H and O–H groups in total. The third-order valence-electron chi connectivity index (χ3n) is 4.20. The van der Waals surface area contributed by atoms with Crippen molar-refractivity contribution < 1.29 is 29.1 Å². The molecule has 136 valence electrons. The van der Waals surface area contributed by atoms with E-state index in [1.165, 1.54) is 25.2 Å². The normalized spacial score (nSPS) is 20.0. The molecule has 1 aliphatic heterocycles. The van der Waals surface area contributed by atoms with Crippen LogP contribution in [0.4, 0.5) is 5.69 Å². The lowest BCUT2D eigenvalue weighted by Crippen LogP contribution is -2.45. The predicted molar refractivity (Wildman–Crippen MR) is 87.0 cm³/mol. The number of hydrogen-bond donors (Lipinski definition) is 1. The van der Waals surface area contributed by atoms with Gasteiger partial charge >= 0.3 is 11.7 Å². The summed E-state index contributed by atoms with van der Waals surface area (Å²) in [5, 5.41) is 20.5. The van der Waals surface area contributed by atoms with Gasteiger partial charge in [-0.1, -0.05) is 6.92 Å². The summed E-state index contributed by atoms with van der Waals surface area (Å²) in [6.07, 6.45) is 0.491. The van der Waals surface area contributed by atoms with E-state index in [1.54, 1.807) is 0 Å². The quantitative estimate of drug-likeness (QED) is 0.634. The van der Waals surface area contributed by atoms with Crippen LogP contribution < -0.4 is 9.47 Å². The number of nitrogens with zero attached hydrogens (tertiary/aromatic N) is 2. The average Bonchev–Trinajstić information content (AvgIpc) is 2.58. The number of piperidine rings is 1. The Labute approximate surface area is 144 Å². The standard InChI is InChI=1S/C16H20N2O7/c1-9-4-11(16(20)21)8-17(7-9)15(19)10-5-12(18(22)23)14(25-3)13(6-10)24-2/h5-6,9,11H,4,7-8H2,1-3H3,(H,20,21). The summed E-state index contributed by atoms with van der Waals surface area (Å²) in [5.74, 6) is -2.05. The first-order valence-corrected chi connectivity index (χ1v) is 7.71. The number of carbonyl (C=O) groups is 2. The van der Waals surface area contributed by atoms with Gasteiger partial charge in [-0.2, -0.15) is 0 Å². The van der Waals surface area contributed by atoms with Crippen LogP contribution in [-0.2, 0) is 4.79 Å². The van der Waals surface area contributed by atoms with Crippen LogP contribution in [0.1, 0.15) is 23.7 Å². The van der Waals surface area contributed by atoms with Gasteiger partial charge in [-0.15, -0.1) is 0 Å². The second-order valence-corrected chi connectivity index (χ2v) is 6.07. The Bertz CT molecular complexity index is 704. The minimum Gasteiger partial charge on any atom is -0.493 e. The minimum atomic E-state index is -0.956. The fourth-order valence-corrected chi connectivity index (χ4v) is 3.08. The highest BCUT2D eigenvalue weighted by atomic mass is 16.6. The van der Waals surface area contributed by atoms with Crippen molar-refractivity contribution in [2.75, 3.05) is 27.3 Å². The van der Waals surface area contributed by atoms with Crippen LogP contribution in [0.15, 0.2) is 12.1 Å². The summed E-state index contributed by atoms with van der Waals surface area (Å²) in [4.78, 5) is 36.1. The van der Waals surface area contributed by atoms with Crippen molar-refractivity contribution in [2.24, 2.45) is 11.8 Å². The van der Waals surface area contributed by atoms with Crippen LogP contribution in [0.5, 0.6) is 11.5 Å². The van der Waals surface area contributed by atoms with E-state index in [-0.39, 0.29) is 35.2 Å². The molecule has 25 heavy (non-hydrogen) atoms. The summed E-state index contributed by atoms with van der Waals surface area (Å²) in [6.45, 7) is 2.33. The van der Waals surface area contributed by atoms with Crippen molar-refractivity contribution in [3.05, 3.63) is 27.8 Å². The highest BCUT2D eigenvalue weighted by molar-refractivity contribution is 5.96. The van der Waals surface area contributed by atoms with Gasteiger partial charge in [0.1, 0.15) is 0 Å². The van der Waals surface area contributed by atoms with Crippen molar-refractivity contribution in [3.8, 4) is 11.5 Å². The Morgan fingerprint density at radius 1 is 1.28 bits per heavy atom. The van der Waals surface area contributed by atoms with Crippen molar-refractivity contribution >= 4 is 17.6 Å². The molecule has 2 unspecified atom stereocenters. The molecule has 2 rings (SSSR count). The van der Waals surface area contributed by atoms with E-state index >= 15 is 0 Å². The number of nitro groups is 1. The van der Waals surface area contributed by atoms with E-state index in [9.17, 15) is 24.8 Å². The largest absolute Gasteiger partial charge is 0.493 e. The number of hydrogen-bond acceptors (Lipinski definition) is 6. The Morgan fingerprint density at radius 2 is 1.96 bits per heavy atom. The Balaban J connectivity index is 2.40. The summed E-state index contributed by atoms with van der Waals surface area (Å²) in [7, 11) is 2.59. The van der Waals surface area contributed by atoms with Crippen LogP contribution in [0.3, 0.4) is 0 Å². The molecule has 1 aromatic carbocycles. The molecule has 0 aliphatic carbocycles. The van der Waals surface area contributed by atoms with Gasteiger partial charge in [-0.25, -0.2) is 0 Å². The first kappa shape index (κ1) is 18.5. The van der Waals surface area contributed by atoms with Crippen molar-refractivity contribution in [2.45, 2.75) is 13.3 Å². The summed E-state index contributed by atoms with van der Waals surface area (Å²) in [6, 6.07) is 2.49. The molecular formula is C16H20N2O7. The van der Waals surface area contributed by atoms with Gasteiger partial charge < -0.3 is 19.5 Å². The molecule has 0 aromatic heterocycles. The number of rotatable bonds is 5. The van der Waals surface area contributed by atoms with Crippen molar-refractivity contribution in [3.63, 3.8) is 0 Å². The maximum absolute atomic E-state index is 12.8. The van der Waals surface area contributed by atoms with E-state index < -0.39 is 22.7 Å². The lowest BCUT2D eigenvalue weighted by molar-refractivity contribution is -0.385. The Kier molecular flexibility index (Phi) is 5.45. The van der Waals surface area contributed by atoms with E-state index in [1.807, 2.05) is 6.92 Å². The number of carboxylic acid groups (broad SMARTS) is 1. The van der Waals surface area contributed by atoms with Crippen LogP contribution in [0, 0.1) is 22.0 Å². The lowest BCUT2D eigenvalue weighted by atomic mass is 9.90. The summed E-state index contributed by atoms with van der Waals surface area (Å²) in [5.41, 5.74) is -0.326. The van der Waals surface area contributed by atoms with E-state index in [2.05, 4.69) is 0 Å². The molecule has 2 atom stereocenters. The molecule has 1 saturated heterocycles. The zero-order valence-corrected chi connectivity index (χ0v) is 14.2. The SMILES string of the molecule is COc1cc(C(=O)N2CC(C)CC(C(=O)O)C2)cc([N+](=O)[O-])c1OC. The van der Waals surface area contributed by atoms with Crippen LogP contribution in [0.2, 0.25) is 0 Å². The maximum Gasteiger partial charge on any atom is 0.315 e. The molecule has 1 aromatic rings. The smallest absolute Gasteiger partial charge is 0.315 e. The highest BCUT2D eigenvalue weighted by Gasteiger charge is 2.33. The van der Waals surface area contributed by atoms with Gasteiger partial charge in [0.15, 0.2) is 5.75 Å². The number of carboxylic acids is 1. The van der Waals surface area contributed by atoms with E-state index in [0.29, 0.717) is 13.0 Å². The molecule has 9 nitrogen and oxygen atoms in total. The number of carbonyl (C=O) groups excluding carboxylic acids is 1. The number of benzene rings is 1. The molecule has 1 heterocycles. The monoisotopic (exact) mass is 352 g/mol. The Morgan fingerprint density at radius 3 is 2.48 bits per heavy atom. The molecule has 0 saturated carbocycles. The molecule has 0 radical (unpaired) electrons. The lowest BCUT2D eigenvalue weighted by Gasteiger charge is -2.34. The molecule has 0 spiro atoms. The summed E-state index contributed by atoms with van der Waals surface area (Å²) >= 11 is 0. The fraction of sp³-hybridized carbons (Fsp3) is 0.500. The predicted octanol–water partition coefficient (Wildman–Crippen LogP) is 1.79. The van der Waals surface area contributed by atoms with Crippen LogP contribution in [-0.4, -0.2) is 54.1 Å². The molecule has 1 fully saturated rings. The molecule has 1 aliphatic rings. The van der Waals surface area contributed by atoms with Gasteiger partial charge in [-0.05, 0) is 18.4 Å². The number of aliphatic carboxylic acids is 1. The van der Waals surface area contributed by atoms with Crippen molar-refractivity contribution in [1.29, 1.82) is 0 Å². The number of likely N-dealkylation sites (tertiary alicyclic amines) is 1. The third-order valence-corrected chi connectivity index (χ3v) is 4.20. The zero-order valence-electron chi connectivity index (χ0n) is 14.2. The Hall–Kier alpha value is -2.84.